The molecule has 1 saturated heterocycles. The van der Waals surface area contributed by atoms with E-state index >= 15 is 0 Å². The van der Waals surface area contributed by atoms with Crippen molar-refractivity contribution in [3.05, 3.63) is 4.91 Å². The van der Waals surface area contributed by atoms with Gasteiger partial charge < -0.3 is 4.90 Å². The van der Waals surface area contributed by atoms with E-state index in [-0.39, 0.29) is 0 Å². The Kier molecular flexibility index (Phi) is 2.28. The van der Waals surface area contributed by atoms with Crippen LogP contribution in [0.25, 0.3) is 0 Å². The average molecular weight is 156 g/mol. The van der Waals surface area contributed by atoms with E-state index in [4.69, 9.17) is 0 Å². The van der Waals surface area contributed by atoms with Gasteiger partial charge in [0.25, 0.3) is 0 Å². The van der Waals surface area contributed by atoms with Crippen molar-refractivity contribution in [1.82, 2.24) is 4.90 Å². The van der Waals surface area contributed by atoms with Crippen molar-refractivity contribution < 1.29 is 0 Å². The summed E-state index contributed by atoms with van der Waals surface area (Å²) >= 11 is 0. The molecule has 0 amide bonds. The van der Waals surface area contributed by atoms with Crippen LogP contribution < -0.4 is 0 Å². The summed E-state index contributed by atoms with van der Waals surface area (Å²) in [6, 6.07) is 0. The fourth-order valence-corrected chi connectivity index (χ4v) is 1.53. The van der Waals surface area contributed by atoms with Crippen LogP contribution in [0.1, 0.15) is 20.8 Å². The molecule has 3 nitrogen and oxygen atoms in total. The largest absolute Gasteiger partial charge is 0.300 e. The Morgan fingerprint density at radius 3 is 2.45 bits per heavy atom. The summed E-state index contributed by atoms with van der Waals surface area (Å²) in [7, 11) is 0. The van der Waals surface area contributed by atoms with Crippen LogP contribution in [0.3, 0.4) is 0 Å². The average Bonchev–Trinajstić information content (AvgIpc) is 1.84. The molecule has 0 unspecified atom stereocenters. The lowest BCUT2D eigenvalue weighted by atomic mass is 9.98. The monoisotopic (exact) mass is 156 g/mol. The van der Waals surface area contributed by atoms with E-state index in [9.17, 15) is 4.91 Å². The van der Waals surface area contributed by atoms with E-state index < -0.39 is 5.54 Å². The Labute approximate surface area is 67.7 Å². The molecule has 1 rings (SSSR count). The Morgan fingerprint density at radius 1 is 1.55 bits per heavy atom. The number of hydrogen-bond acceptors (Lipinski definition) is 3. The predicted molar refractivity (Wildman–Crippen MR) is 45.5 cm³/mol. The second-order valence-electron chi connectivity index (χ2n) is 4.20. The van der Waals surface area contributed by atoms with Gasteiger partial charge in [0, 0.05) is 19.6 Å². The molecule has 0 N–H and O–H groups in total. The van der Waals surface area contributed by atoms with Crippen LogP contribution in [0.4, 0.5) is 0 Å². The zero-order chi connectivity index (χ0) is 8.48. The molecule has 1 fully saturated rings. The fourth-order valence-electron chi connectivity index (χ4n) is 1.53. The van der Waals surface area contributed by atoms with Crippen molar-refractivity contribution in [1.29, 1.82) is 0 Å². The summed E-state index contributed by atoms with van der Waals surface area (Å²) in [6.45, 7) is 9.03. The molecule has 0 bridgehead atoms. The Bertz CT molecular complexity index is 150. The second-order valence-corrected chi connectivity index (χ2v) is 4.20. The van der Waals surface area contributed by atoms with Crippen molar-refractivity contribution >= 4 is 0 Å². The van der Waals surface area contributed by atoms with Gasteiger partial charge in [-0.1, -0.05) is 12.1 Å². The van der Waals surface area contributed by atoms with Gasteiger partial charge in [-0.3, -0.25) is 0 Å². The van der Waals surface area contributed by atoms with E-state index in [0.717, 1.165) is 25.6 Å². The summed E-state index contributed by atoms with van der Waals surface area (Å²) < 4.78 is 0. The van der Waals surface area contributed by atoms with E-state index in [0.29, 0.717) is 0 Å². The maximum atomic E-state index is 10.3. The van der Waals surface area contributed by atoms with E-state index in [2.05, 4.69) is 17.0 Å². The van der Waals surface area contributed by atoms with Crippen molar-refractivity contribution in [2.45, 2.75) is 26.3 Å². The topological polar surface area (TPSA) is 32.7 Å². The molecule has 1 heterocycles. The normalized spacial score (nSPS) is 21.4. The minimum absolute atomic E-state index is 0.403. The SMILES string of the molecule is CC1CN(CC(C)(C)N=O)C1. The highest BCUT2D eigenvalue weighted by molar-refractivity contribution is 4.86. The van der Waals surface area contributed by atoms with Crippen LogP contribution in [-0.4, -0.2) is 30.1 Å². The van der Waals surface area contributed by atoms with E-state index in [1.165, 1.54) is 0 Å². The molecule has 0 aromatic heterocycles. The predicted octanol–water partition coefficient (Wildman–Crippen LogP) is 1.48. The van der Waals surface area contributed by atoms with Gasteiger partial charge in [-0.25, -0.2) is 0 Å². The van der Waals surface area contributed by atoms with Crippen LogP contribution in [0, 0.1) is 10.8 Å². The van der Waals surface area contributed by atoms with Gasteiger partial charge in [0.1, 0.15) is 5.54 Å². The first-order valence-corrected chi connectivity index (χ1v) is 4.10. The third kappa shape index (κ3) is 2.26. The summed E-state index contributed by atoms with van der Waals surface area (Å²) in [6.07, 6.45) is 0. The smallest absolute Gasteiger partial charge is 0.110 e. The molecular weight excluding hydrogens is 140 g/mol. The highest BCUT2D eigenvalue weighted by atomic mass is 16.3. The Hall–Kier alpha value is -0.440. The van der Waals surface area contributed by atoms with Gasteiger partial charge in [-0.2, -0.15) is 4.91 Å². The number of hydrogen-bond donors (Lipinski definition) is 0. The summed E-state index contributed by atoms with van der Waals surface area (Å²) in [5, 5.41) is 3.08. The standard InChI is InChI=1S/C8H16N2O/c1-7-4-10(5-7)6-8(2,3)9-11/h7H,4-6H2,1-3H3. The van der Waals surface area contributed by atoms with Gasteiger partial charge in [-0.05, 0) is 19.8 Å². The minimum Gasteiger partial charge on any atom is -0.300 e. The lowest BCUT2D eigenvalue weighted by Crippen LogP contribution is -2.50. The third-order valence-electron chi connectivity index (χ3n) is 2.00. The highest BCUT2D eigenvalue weighted by Crippen LogP contribution is 2.19. The number of rotatable bonds is 3. The lowest BCUT2D eigenvalue weighted by Gasteiger charge is -2.39. The van der Waals surface area contributed by atoms with Gasteiger partial charge >= 0.3 is 0 Å². The van der Waals surface area contributed by atoms with Gasteiger partial charge in [0.05, 0.1) is 0 Å². The first-order valence-electron chi connectivity index (χ1n) is 4.10. The quantitative estimate of drug-likeness (QED) is 0.580. The van der Waals surface area contributed by atoms with Crippen LogP contribution in [-0.2, 0) is 0 Å². The molecular formula is C8H16N2O. The molecule has 64 valence electrons. The van der Waals surface area contributed by atoms with Crippen molar-refractivity contribution in [2.75, 3.05) is 19.6 Å². The zero-order valence-corrected chi connectivity index (χ0v) is 7.50. The van der Waals surface area contributed by atoms with Crippen molar-refractivity contribution in [3.63, 3.8) is 0 Å². The second kappa shape index (κ2) is 2.89. The molecule has 3 heteroatoms. The molecule has 0 radical (unpaired) electrons. The molecule has 0 spiro atoms. The van der Waals surface area contributed by atoms with Gasteiger partial charge in [0.2, 0.25) is 0 Å². The van der Waals surface area contributed by atoms with Crippen LogP contribution in [0.15, 0.2) is 5.18 Å². The Balaban J connectivity index is 2.26. The molecule has 1 aliphatic heterocycles. The summed E-state index contributed by atoms with van der Waals surface area (Å²) in [5.41, 5.74) is -0.403. The first kappa shape index (κ1) is 8.65. The van der Waals surface area contributed by atoms with E-state index in [1.807, 2.05) is 13.8 Å². The molecule has 1 aliphatic rings. The van der Waals surface area contributed by atoms with Crippen molar-refractivity contribution in [2.24, 2.45) is 11.1 Å². The molecule has 0 aliphatic carbocycles. The molecule has 0 saturated carbocycles. The van der Waals surface area contributed by atoms with E-state index in [1.54, 1.807) is 0 Å². The maximum absolute atomic E-state index is 10.3. The van der Waals surface area contributed by atoms with Crippen molar-refractivity contribution in [3.8, 4) is 0 Å². The molecule has 0 aromatic carbocycles. The first-order chi connectivity index (χ1) is 5.03. The molecule has 0 atom stereocenters. The fraction of sp³-hybridized carbons (Fsp3) is 1.00. The lowest BCUT2D eigenvalue weighted by molar-refractivity contribution is 0.0911. The maximum Gasteiger partial charge on any atom is 0.110 e. The highest BCUT2D eigenvalue weighted by Gasteiger charge is 2.29. The van der Waals surface area contributed by atoms with Crippen LogP contribution in [0.5, 0.6) is 0 Å². The van der Waals surface area contributed by atoms with Gasteiger partial charge in [0.15, 0.2) is 0 Å². The third-order valence-corrected chi connectivity index (χ3v) is 2.00. The van der Waals surface area contributed by atoms with Crippen LogP contribution >= 0.6 is 0 Å². The zero-order valence-electron chi connectivity index (χ0n) is 7.50. The summed E-state index contributed by atoms with van der Waals surface area (Å²) in [5.74, 6) is 0.803. The molecule has 0 aromatic rings. The Morgan fingerprint density at radius 2 is 2.09 bits per heavy atom. The van der Waals surface area contributed by atoms with Crippen LogP contribution in [0.2, 0.25) is 0 Å². The number of likely N-dealkylation sites (tertiary alicyclic amines) is 1. The minimum atomic E-state index is -0.403. The summed E-state index contributed by atoms with van der Waals surface area (Å²) in [4.78, 5) is 12.6. The number of nitrogens with zero attached hydrogens (tertiary/aromatic N) is 2. The molecule has 11 heavy (non-hydrogen) atoms. The number of nitroso groups, excluding NO2 is 1. The van der Waals surface area contributed by atoms with Gasteiger partial charge in [-0.15, -0.1) is 0 Å².